The lowest BCUT2D eigenvalue weighted by Crippen LogP contribution is -2.35. The Hall–Kier alpha value is -0.760. The van der Waals surface area contributed by atoms with Crippen molar-refractivity contribution in [1.29, 1.82) is 0 Å². The van der Waals surface area contributed by atoms with Crippen LogP contribution in [0.1, 0.15) is 52.2 Å². The highest BCUT2D eigenvalue weighted by Crippen LogP contribution is 2.37. The number of furan rings is 1. The Labute approximate surface area is 105 Å². The van der Waals surface area contributed by atoms with Crippen LogP contribution in [0.15, 0.2) is 22.8 Å². The van der Waals surface area contributed by atoms with Crippen LogP contribution in [0.25, 0.3) is 0 Å². The van der Waals surface area contributed by atoms with Crippen molar-refractivity contribution in [3.8, 4) is 0 Å². The standard InChI is InChI=1S/C15H25NO/c1-15(2,3)12-6-8-13(9-7-12)16-11-14-5-4-10-17-14/h4-5,10,12-13,16H,6-9,11H2,1-3H3. The number of hydrogen-bond acceptors (Lipinski definition) is 2. The van der Waals surface area contributed by atoms with Crippen LogP contribution >= 0.6 is 0 Å². The summed E-state index contributed by atoms with van der Waals surface area (Å²) in [5.74, 6) is 1.94. The molecule has 2 heteroatoms. The molecule has 0 saturated heterocycles. The first-order chi connectivity index (χ1) is 8.05. The zero-order valence-corrected chi connectivity index (χ0v) is 11.3. The Bertz CT molecular complexity index is 315. The Morgan fingerprint density at radius 3 is 2.47 bits per heavy atom. The largest absolute Gasteiger partial charge is 0.468 e. The number of rotatable bonds is 3. The maximum atomic E-state index is 5.34. The Kier molecular flexibility index (Phi) is 3.93. The maximum Gasteiger partial charge on any atom is 0.117 e. The second-order valence-corrected chi connectivity index (χ2v) is 6.37. The quantitative estimate of drug-likeness (QED) is 0.857. The van der Waals surface area contributed by atoms with Gasteiger partial charge in [0.1, 0.15) is 5.76 Å². The molecule has 96 valence electrons. The molecule has 0 atom stereocenters. The first kappa shape index (κ1) is 12.7. The zero-order valence-electron chi connectivity index (χ0n) is 11.3. The van der Waals surface area contributed by atoms with Gasteiger partial charge < -0.3 is 9.73 Å². The average molecular weight is 235 g/mol. The number of nitrogens with one attached hydrogen (secondary N) is 1. The fourth-order valence-electron chi connectivity index (χ4n) is 2.82. The van der Waals surface area contributed by atoms with Crippen LogP contribution in [0.2, 0.25) is 0 Å². The van der Waals surface area contributed by atoms with E-state index in [2.05, 4.69) is 26.1 Å². The fourth-order valence-corrected chi connectivity index (χ4v) is 2.82. The van der Waals surface area contributed by atoms with Crippen molar-refractivity contribution in [3.63, 3.8) is 0 Å². The third-order valence-corrected chi connectivity index (χ3v) is 4.10. The molecule has 0 amide bonds. The lowest BCUT2D eigenvalue weighted by Gasteiger charge is -2.37. The van der Waals surface area contributed by atoms with Crippen molar-refractivity contribution in [1.82, 2.24) is 5.32 Å². The van der Waals surface area contributed by atoms with Crippen molar-refractivity contribution >= 4 is 0 Å². The first-order valence-electron chi connectivity index (χ1n) is 6.81. The lowest BCUT2D eigenvalue weighted by molar-refractivity contribution is 0.159. The van der Waals surface area contributed by atoms with Crippen LogP contribution < -0.4 is 5.32 Å². The van der Waals surface area contributed by atoms with E-state index < -0.39 is 0 Å². The molecular formula is C15H25NO. The molecule has 2 nitrogen and oxygen atoms in total. The highest BCUT2D eigenvalue weighted by Gasteiger charge is 2.29. The molecule has 17 heavy (non-hydrogen) atoms. The van der Waals surface area contributed by atoms with E-state index >= 15 is 0 Å². The van der Waals surface area contributed by atoms with Gasteiger partial charge in [0, 0.05) is 6.04 Å². The molecule has 1 aromatic heterocycles. The van der Waals surface area contributed by atoms with E-state index in [0.717, 1.165) is 18.2 Å². The SMILES string of the molecule is CC(C)(C)C1CCC(NCc2ccco2)CC1. The van der Waals surface area contributed by atoms with Gasteiger partial charge in [0.05, 0.1) is 12.8 Å². The van der Waals surface area contributed by atoms with Crippen LogP contribution in [-0.4, -0.2) is 6.04 Å². The van der Waals surface area contributed by atoms with Gasteiger partial charge >= 0.3 is 0 Å². The van der Waals surface area contributed by atoms with Gasteiger partial charge in [0.2, 0.25) is 0 Å². The van der Waals surface area contributed by atoms with Gasteiger partial charge in [-0.1, -0.05) is 20.8 Å². The van der Waals surface area contributed by atoms with Crippen molar-refractivity contribution in [2.24, 2.45) is 11.3 Å². The minimum atomic E-state index is 0.478. The molecule has 0 unspecified atom stereocenters. The molecule has 1 aromatic rings. The highest BCUT2D eigenvalue weighted by molar-refractivity contribution is 4.98. The Balaban J connectivity index is 1.72. The first-order valence-corrected chi connectivity index (χ1v) is 6.81. The monoisotopic (exact) mass is 235 g/mol. The minimum Gasteiger partial charge on any atom is -0.468 e. The maximum absolute atomic E-state index is 5.34. The van der Waals surface area contributed by atoms with Gasteiger partial charge in [-0.05, 0) is 49.1 Å². The molecular weight excluding hydrogens is 210 g/mol. The third-order valence-electron chi connectivity index (χ3n) is 4.10. The summed E-state index contributed by atoms with van der Waals surface area (Å²) in [5.41, 5.74) is 0.478. The van der Waals surface area contributed by atoms with Gasteiger partial charge in [-0.2, -0.15) is 0 Å². The molecule has 1 heterocycles. The molecule has 0 aliphatic heterocycles. The van der Waals surface area contributed by atoms with Gasteiger partial charge in [0.25, 0.3) is 0 Å². The molecule has 2 rings (SSSR count). The number of hydrogen-bond donors (Lipinski definition) is 1. The highest BCUT2D eigenvalue weighted by atomic mass is 16.3. The molecule has 1 aliphatic carbocycles. The van der Waals surface area contributed by atoms with Crippen molar-refractivity contribution in [2.45, 2.75) is 59.0 Å². The summed E-state index contributed by atoms with van der Waals surface area (Å²) in [6.07, 6.45) is 7.08. The van der Waals surface area contributed by atoms with Crippen molar-refractivity contribution in [2.75, 3.05) is 0 Å². The molecule has 0 aromatic carbocycles. The molecule has 1 fully saturated rings. The summed E-state index contributed by atoms with van der Waals surface area (Å²) < 4.78 is 5.34. The molecule has 1 aliphatic rings. The lowest BCUT2D eigenvalue weighted by atomic mass is 9.71. The normalized spacial score (nSPS) is 26.1. The van der Waals surface area contributed by atoms with E-state index in [0.29, 0.717) is 11.5 Å². The third kappa shape index (κ3) is 3.60. The topological polar surface area (TPSA) is 25.2 Å². The van der Waals surface area contributed by atoms with Gasteiger partial charge in [-0.3, -0.25) is 0 Å². The fraction of sp³-hybridized carbons (Fsp3) is 0.733. The minimum absolute atomic E-state index is 0.478. The second-order valence-electron chi connectivity index (χ2n) is 6.37. The molecule has 1 N–H and O–H groups in total. The van der Waals surface area contributed by atoms with E-state index in [1.165, 1.54) is 25.7 Å². The predicted octanol–water partition coefficient (Wildman–Crippen LogP) is 3.97. The van der Waals surface area contributed by atoms with Crippen LogP contribution in [0.4, 0.5) is 0 Å². The molecule has 0 spiro atoms. The van der Waals surface area contributed by atoms with E-state index in [4.69, 9.17) is 4.42 Å². The molecule has 1 saturated carbocycles. The van der Waals surface area contributed by atoms with Crippen LogP contribution in [0, 0.1) is 11.3 Å². The smallest absolute Gasteiger partial charge is 0.117 e. The van der Waals surface area contributed by atoms with E-state index in [-0.39, 0.29) is 0 Å². The van der Waals surface area contributed by atoms with Crippen molar-refractivity contribution in [3.05, 3.63) is 24.2 Å². The summed E-state index contributed by atoms with van der Waals surface area (Å²) in [5, 5.41) is 3.60. The summed E-state index contributed by atoms with van der Waals surface area (Å²) in [4.78, 5) is 0. The van der Waals surface area contributed by atoms with Gasteiger partial charge in [0.15, 0.2) is 0 Å². The molecule has 0 radical (unpaired) electrons. The van der Waals surface area contributed by atoms with Crippen LogP contribution in [0.5, 0.6) is 0 Å². The Morgan fingerprint density at radius 1 is 1.24 bits per heavy atom. The molecule has 0 bridgehead atoms. The van der Waals surface area contributed by atoms with Crippen molar-refractivity contribution < 1.29 is 4.42 Å². The van der Waals surface area contributed by atoms with E-state index in [1.807, 2.05) is 12.1 Å². The predicted molar refractivity (Wildman–Crippen MR) is 70.7 cm³/mol. The second kappa shape index (κ2) is 5.26. The van der Waals surface area contributed by atoms with Crippen LogP contribution in [0.3, 0.4) is 0 Å². The van der Waals surface area contributed by atoms with Crippen LogP contribution in [-0.2, 0) is 6.54 Å². The van der Waals surface area contributed by atoms with E-state index in [9.17, 15) is 0 Å². The van der Waals surface area contributed by atoms with Gasteiger partial charge in [-0.25, -0.2) is 0 Å². The summed E-state index contributed by atoms with van der Waals surface area (Å²) >= 11 is 0. The van der Waals surface area contributed by atoms with Gasteiger partial charge in [-0.15, -0.1) is 0 Å². The zero-order chi connectivity index (χ0) is 12.3. The average Bonchev–Trinajstić information content (AvgIpc) is 2.78. The summed E-state index contributed by atoms with van der Waals surface area (Å²) in [7, 11) is 0. The Morgan fingerprint density at radius 2 is 1.94 bits per heavy atom. The summed E-state index contributed by atoms with van der Waals surface area (Å²) in [6, 6.07) is 4.67. The summed E-state index contributed by atoms with van der Waals surface area (Å²) in [6.45, 7) is 7.98. The van der Waals surface area contributed by atoms with E-state index in [1.54, 1.807) is 6.26 Å².